The molecule has 34 heavy (non-hydrogen) atoms. The normalized spacial score (nSPS) is 23.6. The van der Waals surface area contributed by atoms with E-state index in [1.54, 1.807) is 11.3 Å². The minimum Gasteiger partial charge on any atom is -0.474 e. The van der Waals surface area contributed by atoms with E-state index in [9.17, 15) is 4.79 Å². The molecule has 0 bridgehead atoms. The van der Waals surface area contributed by atoms with Crippen molar-refractivity contribution in [1.82, 2.24) is 20.2 Å². The van der Waals surface area contributed by atoms with Crippen LogP contribution < -0.4 is 10.1 Å². The van der Waals surface area contributed by atoms with Crippen molar-refractivity contribution < 1.29 is 9.53 Å². The highest BCUT2D eigenvalue weighted by atomic mass is 32.1. The fourth-order valence-corrected chi connectivity index (χ4v) is 6.24. The van der Waals surface area contributed by atoms with Gasteiger partial charge in [0.2, 0.25) is 11.8 Å². The van der Waals surface area contributed by atoms with Crippen molar-refractivity contribution in [1.29, 1.82) is 0 Å². The van der Waals surface area contributed by atoms with Crippen LogP contribution in [0.5, 0.6) is 5.88 Å². The molecule has 7 heteroatoms. The Bertz CT molecular complexity index is 965. The fraction of sp³-hybridized carbons (Fsp3) is 0.667. The summed E-state index contributed by atoms with van der Waals surface area (Å²) in [4.78, 5) is 25.2. The molecule has 0 radical (unpaired) electrons. The number of nitrogens with zero attached hydrogens (tertiary/aromatic N) is 3. The molecule has 0 atom stereocenters. The average Bonchev–Trinajstić information content (AvgIpc) is 3.10. The van der Waals surface area contributed by atoms with Gasteiger partial charge in [-0.25, -0.2) is 9.97 Å². The summed E-state index contributed by atoms with van der Waals surface area (Å²) in [6.07, 6.45) is 14.4. The predicted molar refractivity (Wildman–Crippen MR) is 135 cm³/mol. The van der Waals surface area contributed by atoms with Crippen molar-refractivity contribution in [3.8, 4) is 5.88 Å². The maximum Gasteiger partial charge on any atom is 0.225 e. The Kier molecular flexibility index (Phi) is 7.80. The summed E-state index contributed by atoms with van der Waals surface area (Å²) < 4.78 is 6.02. The molecule has 3 aliphatic rings. The van der Waals surface area contributed by atoms with Crippen LogP contribution in [0.3, 0.4) is 0 Å². The third-order valence-electron chi connectivity index (χ3n) is 7.81. The van der Waals surface area contributed by atoms with Crippen LogP contribution in [0.2, 0.25) is 0 Å². The number of amides is 1. The smallest absolute Gasteiger partial charge is 0.225 e. The van der Waals surface area contributed by atoms with Crippen LogP contribution in [0.4, 0.5) is 0 Å². The first-order valence-corrected chi connectivity index (χ1v) is 14.0. The van der Waals surface area contributed by atoms with Gasteiger partial charge in [0.15, 0.2) is 0 Å². The molecule has 1 aliphatic heterocycles. The van der Waals surface area contributed by atoms with Crippen molar-refractivity contribution in [3.63, 3.8) is 0 Å². The molecule has 3 heterocycles. The van der Waals surface area contributed by atoms with E-state index < -0.39 is 0 Å². The Hall–Kier alpha value is -1.99. The van der Waals surface area contributed by atoms with Crippen LogP contribution in [0, 0.1) is 12.8 Å². The van der Waals surface area contributed by atoms with Crippen molar-refractivity contribution >= 4 is 17.2 Å². The molecule has 0 aromatic carbocycles. The second-order valence-electron chi connectivity index (χ2n) is 10.4. The zero-order valence-electron chi connectivity index (χ0n) is 20.4. The first kappa shape index (κ1) is 23.7. The van der Waals surface area contributed by atoms with E-state index in [0.29, 0.717) is 18.6 Å². The Labute approximate surface area is 207 Å². The molecule has 2 aromatic rings. The number of nitrogens with one attached hydrogen (secondary N) is 1. The number of aromatic nitrogens is 2. The molecule has 0 spiro atoms. The van der Waals surface area contributed by atoms with Crippen LogP contribution in [-0.4, -0.2) is 52.6 Å². The quantitative estimate of drug-likeness (QED) is 0.601. The highest BCUT2D eigenvalue weighted by Crippen LogP contribution is 2.28. The number of carbonyl (C=O) groups excluding carboxylic acids is 1. The van der Waals surface area contributed by atoms with Crippen molar-refractivity contribution in [3.05, 3.63) is 39.5 Å². The number of hydrogen-bond acceptors (Lipinski definition) is 6. The molecule has 2 fully saturated rings. The summed E-state index contributed by atoms with van der Waals surface area (Å²) in [5, 5.41) is 4.28. The molecule has 2 saturated carbocycles. The molecule has 2 aromatic heterocycles. The molecular formula is C27H38N4O2S. The third kappa shape index (κ3) is 6.36. The molecule has 0 unspecified atom stereocenters. The molecule has 6 nitrogen and oxygen atoms in total. The summed E-state index contributed by atoms with van der Waals surface area (Å²) in [5.74, 6) is 1.75. The second kappa shape index (κ2) is 11.2. The van der Waals surface area contributed by atoms with E-state index in [1.807, 2.05) is 13.1 Å². The van der Waals surface area contributed by atoms with E-state index in [0.717, 1.165) is 60.5 Å². The SMILES string of the molecule is Cc1ncc(CC(=O)N[C@H]2CC[C@H](CCN3CCc4ccc(OC5CCC5)nc4CC3)CC2)s1. The van der Waals surface area contributed by atoms with E-state index in [-0.39, 0.29) is 5.91 Å². The second-order valence-corrected chi connectivity index (χ2v) is 11.7. The largest absolute Gasteiger partial charge is 0.474 e. The number of hydrogen-bond donors (Lipinski definition) is 1. The highest BCUT2D eigenvalue weighted by Gasteiger charge is 2.24. The van der Waals surface area contributed by atoms with Crippen molar-refractivity contribution in [2.24, 2.45) is 5.92 Å². The number of fused-ring (bicyclic) bond motifs is 1. The van der Waals surface area contributed by atoms with Gasteiger partial charge in [0.1, 0.15) is 6.10 Å². The lowest BCUT2D eigenvalue weighted by molar-refractivity contribution is -0.121. The van der Waals surface area contributed by atoms with Crippen LogP contribution in [-0.2, 0) is 24.1 Å². The minimum absolute atomic E-state index is 0.145. The lowest BCUT2D eigenvalue weighted by atomic mass is 9.84. The van der Waals surface area contributed by atoms with Gasteiger partial charge >= 0.3 is 0 Å². The van der Waals surface area contributed by atoms with Crippen molar-refractivity contribution in [2.75, 3.05) is 19.6 Å². The molecule has 0 saturated heterocycles. The number of rotatable bonds is 8. The van der Waals surface area contributed by atoms with Gasteiger partial charge in [0.25, 0.3) is 0 Å². The van der Waals surface area contributed by atoms with Crippen molar-refractivity contribution in [2.45, 2.75) is 89.7 Å². The average molecular weight is 483 g/mol. The van der Waals surface area contributed by atoms with Gasteiger partial charge in [0, 0.05) is 48.4 Å². The standard InChI is InChI=1S/C27H38N4O2S/c1-19-28-18-24(34-19)17-26(32)29-22-8-5-20(6-9-22)11-14-31-15-12-21-7-10-27(30-25(21)13-16-31)33-23-3-2-4-23/h7,10,18,20,22-23H,2-6,8-9,11-17H2,1H3,(H,29,32)/t20-,22-. The zero-order valence-corrected chi connectivity index (χ0v) is 21.2. The zero-order chi connectivity index (χ0) is 23.3. The highest BCUT2D eigenvalue weighted by molar-refractivity contribution is 7.11. The number of ether oxygens (including phenoxy) is 1. The maximum absolute atomic E-state index is 12.4. The van der Waals surface area contributed by atoms with E-state index in [2.05, 4.69) is 27.3 Å². The van der Waals surface area contributed by atoms with E-state index >= 15 is 0 Å². The van der Waals surface area contributed by atoms with Crippen LogP contribution >= 0.6 is 11.3 Å². The summed E-state index contributed by atoms with van der Waals surface area (Å²) in [5.41, 5.74) is 2.64. The molecular weight excluding hydrogens is 444 g/mol. The Morgan fingerprint density at radius 1 is 1.15 bits per heavy atom. The van der Waals surface area contributed by atoms with Crippen LogP contribution in [0.1, 0.15) is 72.5 Å². The van der Waals surface area contributed by atoms with Gasteiger partial charge in [-0.05, 0) is 82.7 Å². The number of thiazole rings is 1. The topological polar surface area (TPSA) is 67.4 Å². The number of pyridine rings is 1. The third-order valence-corrected chi connectivity index (χ3v) is 8.73. The summed E-state index contributed by atoms with van der Waals surface area (Å²) in [6.45, 7) is 5.37. The lowest BCUT2D eigenvalue weighted by Gasteiger charge is -2.30. The molecule has 5 rings (SSSR count). The van der Waals surface area contributed by atoms with Gasteiger partial charge in [-0.15, -0.1) is 11.3 Å². The first-order chi connectivity index (χ1) is 16.6. The number of aryl methyl sites for hydroxylation is 1. The monoisotopic (exact) mass is 482 g/mol. The van der Waals surface area contributed by atoms with Gasteiger partial charge in [-0.3, -0.25) is 4.79 Å². The Morgan fingerprint density at radius 2 is 1.97 bits per heavy atom. The van der Waals surface area contributed by atoms with E-state index in [1.165, 1.54) is 56.3 Å². The van der Waals surface area contributed by atoms with Gasteiger partial charge in [-0.1, -0.05) is 6.07 Å². The lowest BCUT2D eigenvalue weighted by Crippen LogP contribution is -2.38. The van der Waals surface area contributed by atoms with E-state index in [4.69, 9.17) is 9.72 Å². The summed E-state index contributed by atoms with van der Waals surface area (Å²) >= 11 is 1.62. The molecule has 184 valence electrons. The Balaban J connectivity index is 1.01. The fourth-order valence-electron chi connectivity index (χ4n) is 5.44. The van der Waals surface area contributed by atoms with Gasteiger partial charge in [0.05, 0.1) is 11.4 Å². The molecule has 1 amide bonds. The van der Waals surface area contributed by atoms with Gasteiger partial charge < -0.3 is 15.0 Å². The predicted octanol–water partition coefficient (Wildman–Crippen LogP) is 4.49. The molecule has 2 aliphatic carbocycles. The molecule has 1 N–H and O–H groups in total. The number of carbonyl (C=O) groups is 1. The summed E-state index contributed by atoms with van der Waals surface area (Å²) in [7, 11) is 0. The minimum atomic E-state index is 0.145. The van der Waals surface area contributed by atoms with Gasteiger partial charge in [-0.2, -0.15) is 0 Å². The van der Waals surface area contributed by atoms with Crippen LogP contribution in [0.15, 0.2) is 18.3 Å². The Morgan fingerprint density at radius 3 is 2.71 bits per heavy atom. The maximum atomic E-state index is 12.4. The van der Waals surface area contributed by atoms with Crippen LogP contribution in [0.25, 0.3) is 0 Å². The first-order valence-electron chi connectivity index (χ1n) is 13.2. The summed E-state index contributed by atoms with van der Waals surface area (Å²) in [6, 6.07) is 4.65.